The summed E-state index contributed by atoms with van der Waals surface area (Å²) in [4.78, 5) is 22.8. The largest absolute Gasteiger partial charge is 0.337 e. The second kappa shape index (κ2) is 6.03. The summed E-state index contributed by atoms with van der Waals surface area (Å²) in [6.45, 7) is 1.36. The molecule has 0 bridgehead atoms. The Labute approximate surface area is 138 Å². The highest BCUT2D eigenvalue weighted by molar-refractivity contribution is 5.94. The van der Waals surface area contributed by atoms with Gasteiger partial charge in [-0.3, -0.25) is 9.78 Å². The molecule has 1 aliphatic rings. The number of nitrogens with zero attached hydrogens (tertiary/aromatic N) is 4. The second-order valence-corrected chi connectivity index (χ2v) is 6.07. The zero-order valence-corrected chi connectivity index (χ0v) is 13.1. The van der Waals surface area contributed by atoms with Gasteiger partial charge < -0.3 is 9.47 Å². The van der Waals surface area contributed by atoms with Crippen LogP contribution in [0.5, 0.6) is 0 Å². The number of aromatic nitrogens is 3. The third kappa shape index (κ3) is 2.64. The number of likely N-dealkylation sites (tertiary alicyclic amines) is 1. The number of rotatable bonds is 2. The number of hydrogen-bond acceptors (Lipinski definition) is 3. The van der Waals surface area contributed by atoms with Gasteiger partial charge in [-0.2, -0.15) is 0 Å². The summed E-state index contributed by atoms with van der Waals surface area (Å²) in [5.74, 6) is -0.284. The normalized spacial score (nSPS) is 18.0. The first kappa shape index (κ1) is 14.8. The van der Waals surface area contributed by atoms with Crippen molar-refractivity contribution in [1.29, 1.82) is 0 Å². The molecule has 0 spiro atoms. The molecule has 1 unspecified atom stereocenters. The summed E-state index contributed by atoms with van der Waals surface area (Å²) in [7, 11) is 0. The molecular formula is C18H17FN4O. The smallest absolute Gasteiger partial charge is 0.255 e. The van der Waals surface area contributed by atoms with E-state index in [4.69, 9.17) is 0 Å². The van der Waals surface area contributed by atoms with Gasteiger partial charge in [0, 0.05) is 31.5 Å². The van der Waals surface area contributed by atoms with E-state index in [1.807, 2.05) is 4.90 Å². The average molecular weight is 324 g/mol. The molecule has 4 rings (SSSR count). The molecule has 1 aliphatic heterocycles. The standard InChI is InChI=1S/C18H17FN4O/c19-14-5-6-17-16(9-14)21-12-23(17)15-4-2-8-22(11-15)18(24)13-3-1-7-20-10-13/h1,3,5-7,9-10,12,15H,2,4,8,11H2. The van der Waals surface area contributed by atoms with Gasteiger partial charge >= 0.3 is 0 Å². The number of halogens is 1. The summed E-state index contributed by atoms with van der Waals surface area (Å²) in [6.07, 6.45) is 6.90. The maximum absolute atomic E-state index is 13.3. The van der Waals surface area contributed by atoms with Crippen molar-refractivity contribution in [3.8, 4) is 0 Å². The van der Waals surface area contributed by atoms with Gasteiger partial charge in [0.2, 0.25) is 0 Å². The Bertz CT molecular complexity index is 877. The van der Waals surface area contributed by atoms with E-state index in [-0.39, 0.29) is 17.8 Å². The molecule has 1 fully saturated rings. The van der Waals surface area contributed by atoms with E-state index in [1.165, 1.54) is 12.1 Å². The molecule has 3 aromatic rings. The van der Waals surface area contributed by atoms with E-state index < -0.39 is 0 Å². The van der Waals surface area contributed by atoms with Crippen LogP contribution >= 0.6 is 0 Å². The summed E-state index contributed by atoms with van der Waals surface area (Å²) < 4.78 is 15.4. The maximum atomic E-state index is 13.3. The van der Waals surface area contributed by atoms with Crippen molar-refractivity contribution in [2.24, 2.45) is 0 Å². The molecule has 0 aliphatic carbocycles. The fraction of sp³-hybridized carbons (Fsp3) is 0.278. The molecule has 1 aromatic carbocycles. The first-order chi connectivity index (χ1) is 11.7. The van der Waals surface area contributed by atoms with E-state index in [2.05, 4.69) is 14.5 Å². The molecular weight excluding hydrogens is 307 g/mol. The fourth-order valence-electron chi connectivity index (χ4n) is 3.33. The van der Waals surface area contributed by atoms with Gasteiger partial charge in [0.1, 0.15) is 5.82 Å². The lowest BCUT2D eigenvalue weighted by Crippen LogP contribution is -2.40. The van der Waals surface area contributed by atoms with Crippen LogP contribution in [-0.4, -0.2) is 38.4 Å². The first-order valence-corrected chi connectivity index (χ1v) is 8.04. The Hall–Kier alpha value is -2.76. The molecule has 1 amide bonds. The van der Waals surface area contributed by atoms with Crippen molar-refractivity contribution >= 4 is 16.9 Å². The Kier molecular flexibility index (Phi) is 3.72. The molecule has 1 saturated heterocycles. The first-order valence-electron chi connectivity index (χ1n) is 8.04. The number of piperidine rings is 1. The minimum absolute atomic E-state index is 0.00302. The van der Waals surface area contributed by atoms with Crippen LogP contribution in [0.3, 0.4) is 0 Å². The van der Waals surface area contributed by atoms with Crippen LogP contribution in [0.2, 0.25) is 0 Å². The number of hydrogen-bond donors (Lipinski definition) is 0. The number of pyridine rings is 1. The van der Waals surface area contributed by atoms with Gasteiger partial charge in [-0.25, -0.2) is 9.37 Å². The van der Waals surface area contributed by atoms with Gasteiger partial charge in [0.05, 0.1) is 29.0 Å². The molecule has 5 nitrogen and oxygen atoms in total. The Morgan fingerprint density at radius 1 is 1.29 bits per heavy atom. The van der Waals surface area contributed by atoms with E-state index in [9.17, 15) is 9.18 Å². The van der Waals surface area contributed by atoms with Crippen LogP contribution in [0.25, 0.3) is 11.0 Å². The lowest BCUT2D eigenvalue weighted by molar-refractivity contribution is 0.0681. The van der Waals surface area contributed by atoms with Crippen LogP contribution in [0.15, 0.2) is 49.1 Å². The predicted molar refractivity (Wildman–Crippen MR) is 88.1 cm³/mol. The van der Waals surface area contributed by atoms with Crippen LogP contribution in [-0.2, 0) is 0 Å². The highest BCUT2D eigenvalue weighted by Crippen LogP contribution is 2.26. The third-order valence-electron chi connectivity index (χ3n) is 4.52. The minimum Gasteiger partial charge on any atom is -0.337 e. The van der Waals surface area contributed by atoms with Gasteiger partial charge in [-0.05, 0) is 37.1 Å². The molecule has 122 valence electrons. The molecule has 0 N–H and O–H groups in total. The number of carbonyl (C=O) groups excluding carboxylic acids is 1. The molecule has 0 saturated carbocycles. The van der Waals surface area contributed by atoms with Crippen LogP contribution in [0.4, 0.5) is 4.39 Å². The lowest BCUT2D eigenvalue weighted by Gasteiger charge is -2.33. The third-order valence-corrected chi connectivity index (χ3v) is 4.52. The van der Waals surface area contributed by atoms with E-state index in [1.54, 1.807) is 36.9 Å². The summed E-state index contributed by atoms with van der Waals surface area (Å²) in [5, 5.41) is 0. The quantitative estimate of drug-likeness (QED) is 0.728. The van der Waals surface area contributed by atoms with Crippen molar-refractivity contribution in [3.05, 3.63) is 60.4 Å². The summed E-state index contributed by atoms with van der Waals surface area (Å²) in [5.41, 5.74) is 2.15. The number of carbonyl (C=O) groups is 1. The van der Waals surface area contributed by atoms with Crippen LogP contribution < -0.4 is 0 Å². The van der Waals surface area contributed by atoms with E-state index in [0.29, 0.717) is 17.6 Å². The zero-order chi connectivity index (χ0) is 16.5. The molecule has 6 heteroatoms. The Balaban J connectivity index is 1.59. The predicted octanol–water partition coefficient (Wildman–Crippen LogP) is 3.05. The maximum Gasteiger partial charge on any atom is 0.255 e. The van der Waals surface area contributed by atoms with Crippen molar-refractivity contribution in [2.75, 3.05) is 13.1 Å². The molecule has 24 heavy (non-hydrogen) atoms. The summed E-state index contributed by atoms with van der Waals surface area (Å²) in [6, 6.07) is 8.34. The topological polar surface area (TPSA) is 51.0 Å². The number of fused-ring (bicyclic) bond motifs is 1. The number of amides is 1. The fourth-order valence-corrected chi connectivity index (χ4v) is 3.33. The Morgan fingerprint density at radius 3 is 3.04 bits per heavy atom. The molecule has 2 aromatic heterocycles. The van der Waals surface area contributed by atoms with Crippen LogP contribution in [0, 0.1) is 5.82 Å². The van der Waals surface area contributed by atoms with Gasteiger partial charge in [0.25, 0.3) is 5.91 Å². The van der Waals surface area contributed by atoms with Crippen molar-refractivity contribution in [1.82, 2.24) is 19.4 Å². The highest BCUT2D eigenvalue weighted by Gasteiger charge is 2.26. The SMILES string of the molecule is O=C(c1cccnc1)N1CCCC(n2cnc3cc(F)ccc32)C1. The zero-order valence-electron chi connectivity index (χ0n) is 13.1. The molecule has 3 heterocycles. The van der Waals surface area contributed by atoms with Crippen LogP contribution in [0.1, 0.15) is 29.2 Å². The van der Waals surface area contributed by atoms with E-state index >= 15 is 0 Å². The minimum atomic E-state index is -0.287. The molecule has 1 atom stereocenters. The average Bonchev–Trinajstić information content (AvgIpc) is 3.05. The van der Waals surface area contributed by atoms with Crippen molar-refractivity contribution < 1.29 is 9.18 Å². The number of benzene rings is 1. The van der Waals surface area contributed by atoms with Gasteiger partial charge in [-0.1, -0.05) is 0 Å². The van der Waals surface area contributed by atoms with Gasteiger partial charge in [0.15, 0.2) is 0 Å². The highest BCUT2D eigenvalue weighted by atomic mass is 19.1. The second-order valence-electron chi connectivity index (χ2n) is 6.07. The van der Waals surface area contributed by atoms with Gasteiger partial charge in [-0.15, -0.1) is 0 Å². The monoisotopic (exact) mass is 324 g/mol. The molecule has 0 radical (unpaired) electrons. The Morgan fingerprint density at radius 2 is 2.21 bits per heavy atom. The van der Waals surface area contributed by atoms with Crippen molar-refractivity contribution in [2.45, 2.75) is 18.9 Å². The van der Waals surface area contributed by atoms with Crippen molar-refractivity contribution in [3.63, 3.8) is 0 Å². The number of imidazole rings is 1. The van der Waals surface area contributed by atoms with E-state index in [0.717, 1.165) is 24.9 Å². The summed E-state index contributed by atoms with van der Waals surface area (Å²) >= 11 is 0. The lowest BCUT2D eigenvalue weighted by atomic mass is 10.0.